The Morgan fingerprint density at radius 1 is 0.971 bits per heavy atom. The maximum atomic E-state index is 12.0. The number of nitrogens with one attached hydrogen (secondary N) is 4. The number of rotatable bonds is 11. The molecule has 1 fully saturated rings. The van der Waals surface area contributed by atoms with E-state index in [2.05, 4.69) is 30.0 Å². The lowest BCUT2D eigenvalue weighted by Gasteiger charge is -2.14. The summed E-state index contributed by atoms with van der Waals surface area (Å²) in [5.74, 6) is 2.38. The van der Waals surface area contributed by atoms with E-state index in [0.717, 1.165) is 40.9 Å². The first-order chi connectivity index (χ1) is 16.8. The van der Waals surface area contributed by atoms with Gasteiger partial charge in [0.1, 0.15) is 5.82 Å². The molecule has 2 aromatic carbocycles. The van der Waals surface area contributed by atoms with Crippen LogP contribution in [0, 0.1) is 13.8 Å². The molecule has 0 spiro atoms. The maximum Gasteiger partial charge on any atom is 0.277 e. The van der Waals surface area contributed by atoms with Crippen LogP contribution >= 0.6 is 0 Å². The van der Waals surface area contributed by atoms with Gasteiger partial charge in [0.15, 0.2) is 11.5 Å². The first-order valence-corrected chi connectivity index (χ1v) is 12.7. The molecular formula is C24H30N6O4S. The van der Waals surface area contributed by atoms with E-state index in [4.69, 9.17) is 9.47 Å². The van der Waals surface area contributed by atoms with Gasteiger partial charge in [-0.2, -0.15) is 22.8 Å². The summed E-state index contributed by atoms with van der Waals surface area (Å²) in [5.41, 5.74) is 4.25. The summed E-state index contributed by atoms with van der Waals surface area (Å²) in [4.78, 5) is 8.99. The van der Waals surface area contributed by atoms with Crippen LogP contribution in [-0.4, -0.2) is 38.6 Å². The predicted molar refractivity (Wildman–Crippen MR) is 136 cm³/mol. The molecule has 0 saturated heterocycles. The molecule has 0 atom stereocenters. The molecular weight excluding hydrogens is 468 g/mol. The number of anilines is 4. The van der Waals surface area contributed by atoms with Crippen molar-refractivity contribution in [3.8, 4) is 11.5 Å². The van der Waals surface area contributed by atoms with E-state index in [1.54, 1.807) is 20.4 Å². The van der Waals surface area contributed by atoms with Crippen molar-refractivity contribution in [1.82, 2.24) is 19.4 Å². The fourth-order valence-electron chi connectivity index (χ4n) is 3.47. The highest BCUT2D eigenvalue weighted by atomic mass is 32.2. The average Bonchev–Trinajstić information content (AvgIpc) is 3.63. The Labute approximate surface area is 205 Å². The molecule has 1 aromatic heterocycles. The van der Waals surface area contributed by atoms with Gasteiger partial charge in [-0.15, -0.1) is 0 Å². The van der Waals surface area contributed by atoms with Gasteiger partial charge in [-0.1, -0.05) is 12.1 Å². The zero-order valence-corrected chi connectivity index (χ0v) is 21.0. The normalized spacial score (nSPS) is 13.4. The highest BCUT2D eigenvalue weighted by molar-refractivity contribution is 7.87. The fraction of sp³-hybridized carbons (Fsp3) is 0.333. The summed E-state index contributed by atoms with van der Waals surface area (Å²) < 4.78 is 40.0. The molecule has 1 heterocycles. The van der Waals surface area contributed by atoms with E-state index in [0.29, 0.717) is 23.3 Å². The van der Waals surface area contributed by atoms with Crippen LogP contribution in [0.25, 0.3) is 0 Å². The number of nitrogens with zero attached hydrogens (tertiary/aromatic N) is 2. The molecule has 3 aromatic rings. The first kappa shape index (κ1) is 24.7. The molecule has 1 aliphatic carbocycles. The number of aryl methyl sites for hydroxylation is 2. The molecule has 0 radical (unpaired) electrons. The van der Waals surface area contributed by atoms with Crippen molar-refractivity contribution in [2.75, 3.05) is 24.9 Å². The summed E-state index contributed by atoms with van der Waals surface area (Å²) in [6.45, 7) is 4.07. The van der Waals surface area contributed by atoms with E-state index in [9.17, 15) is 8.42 Å². The first-order valence-electron chi connectivity index (χ1n) is 11.2. The fourth-order valence-corrected chi connectivity index (χ4v) is 4.58. The van der Waals surface area contributed by atoms with Gasteiger partial charge >= 0.3 is 0 Å². The van der Waals surface area contributed by atoms with Gasteiger partial charge in [0.2, 0.25) is 5.95 Å². The molecule has 4 rings (SSSR count). The second-order valence-corrected chi connectivity index (χ2v) is 9.95. The van der Waals surface area contributed by atoms with Crippen LogP contribution in [0.2, 0.25) is 0 Å². The molecule has 186 valence electrons. The quantitative estimate of drug-likeness (QED) is 0.315. The standard InChI is InChI=1S/C24H30N6O4S/c1-15-11-20(12-21(33-3)22(15)34-4)28-24-25-13-16(2)23(29-24)27-18-7-5-17(6-8-18)14-26-35(31,32)30-19-9-10-19/h5-8,11-13,19,26,30H,9-10,14H2,1-4H3,(H2,25,27,28,29). The third-order valence-electron chi connectivity index (χ3n) is 5.47. The van der Waals surface area contributed by atoms with E-state index in [-0.39, 0.29) is 12.6 Å². The van der Waals surface area contributed by atoms with Crippen molar-refractivity contribution in [2.45, 2.75) is 39.3 Å². The molecule has 4 N–H and O–H groups in total. The highest BCUT2D eigenvalue weighted by Crippen LogP contribution is 2.34. The predicted octanol–water partition coefficient (Wildman–Crippen LogP) is 3.68. The summed E-state index contributed by atoms with van der Waals surface area (Å²) >= 11 is 0. The van der Waals surface area contributed by atoms with Crippen LogP contribution in [0.5, 0.6) is 11.5 Å². The monoisotopic (exact) mass is 498 g/mol. The van der Waals surface area contributed by atoms with E-state index >= 15 is 0 Å². The van der Waals surface area contributed by atoms with E-state index in [1.807, 2.05) is 50.2 Å². The summed E-state index contributed by atoms with van der Waals surface area (Å²) in [7, 11) is -0.276. The van der Waals surface area contributed by atoms with Crippen LogP contribution in [0.1, 0.15) is 29.5 Å². The van der Waals surface area contributed by atoms with E-state index < -0.39 is 10.2 Å². The number of benzene rings is 2. The molecule has 1 aliphatic rings. The van der Waals surface area contributed by atoms with Crippen molar-refractivity contribution in [3.63, 3.8) is 0 Å². The number of ether oxygens (including phenoxy) is 2. The Hall–Kier alpha value is -3.41. The molecule has 0 amide bonds. The number of hydrogen-bond donors (Lipinski definition) is 4. The Morgan fingerprint density at radius 2 is 1.71 bits per heavy atom. The molecule has 0 aliphatic heterocycles. The van der Waals surface area contributed by atoms with Crippen LogP contribution in [0.15, 0.2) is 42.6 Å². The second kappa shape index (κ2) is 10.5. The van der Waals surface area contributed by atoms with Gasteiger partial charge < -0.3 is 20.1 Å². The third kappa shape index (κ3) is 6.59. The summed E-state index contributed by atoms with van der Waals surface area (Å²) in [5, 5.41) is 6.51. The molecule has 11 heteroatoms. The highest BCUT2D eigenvalue weighted by Gasteiger charge is 2.26. The molecule has 1 saturated carbocycles. The minimum absolute atomic E-state index is 0.0744. The Balaban J connectivity index is 1.42. The minimum atomic E-state index is -3.48. The lowest BCUT2D eigenvalue weighted by atomic mass is 10.2. The summed E-state index contributed by atoms with van der Waals surface area (Å²) in [6, 6.07) is 11.3. The van der Waals surface area contributed by atoms with Gasteiger partial charge in [0.25, 0.3) is 10.2 Å². The average molecular weight is 499 g/mol. The lowest BCUT2D eigenvalue weighted by Crippen LogP contribution is -2.37. The maximum absolute atomic E-state index is 12.0. The van der Waals surface area contributed by atoms with Crippen molar-refractivity contribution in [3.05, 3.63) is 59.3 Å². The van der Waals surface area contributed by atoms with Gasteiger partial charge in [0.05, 0.1) is 14.2 Å². The largest absolute Gasteiger partial charge is 0.493 e. The number of methoxy groups -OCH3 is 2. The van der Waals surface area contributed by atoms with Crippen LogP contribution in [-0.2, 0) is 16.8 Å². The Kier molecular flexibility index (Phi) is 7.39. The van der Waals surface area contributed by atoms with Gasteiger partial charge in [-0.3, -0.25) is 0 Å². The van der Waals surface area contributed by atoms with Gasteiger partial charge in [-0.05, 0) is 56.0 Å². The summed E-state index contributed by atoms with van der Waals surface area (Å²) in [6.07, 6.45) is 3.53. The van der Waals surface area contributed by atoms with Crippen molar-refractivity contribution < 1.29 is 17.9 Å². The second-order valence-electron chi connectivity index (χ2n) is 8.42. The SMILES string of the molecule is COc1cc(Nc2ncc(C)c(Nc3ccc(CNS(=O)(=O)NC4CC4)cc3)n2)cc(C)c1OC. The molecule has 10 nitrogen and oxygen atoms in total. The Bertz CT molecular complexity index is 1290. The van der Waals surface area contributed by atoms with E-state index in [1.165, 1.54) is 0 Å². The van der Waals surface area contributed by atoms with Crippen molar-refractivity contribution in [2.24, 2.45) is 0 Å². The lowest BCUT2D eigenvalue weighted by molar-refractivity contribution is 0.353. The smallest absolute Gasteiger partial charge is 0.277 e. The van der Waals surface area contributed by atoms with Gasteiger partial charge in [-0.25, -0.2) is 4.98 Å². The van der Waals surface area contributed by atoms with Crippen LogP contribution in [0.4, 0.5) is 23.1 Å². The van der Waals surface area contributed by atoms with Crippen LogP contribution in [0.3, 0.4) is 0 Å². The minimum Gasteiger partial charge on any atom is -0.493 e. The Morgan fingerprint density at radius 3 is 2.37 bits per heavy atom. The topological polar surface area (TPSA) is 126 Å². The van der Waals surface area contributed by atoms with Crippen LogP contribution < -0.4 is 29.6 Å². The van der Waals surface area contributed by atoms with Gasteiger partial charge in [0, 0.05) is 41.8 Å². The zero-order chi connectivity index (χ0) is 25.0. The zero-order valence-electron chi connectivity index (χ0n) is 20.2. The van der Waals surface area contributed by atoms with Crippen molar-refractivity contribution >= 4 is 33.4 Å². The molecule has 0 bridgehead atoms. The molecule has 0 unspecified atom stereocenters. The van der Waals surface area contributed by atoms with Crippen molar-refractivity contribution in [1.29, 1.82) is 0 Å². The number of aromatic nitrogens is 2. The molecule has 35 heavy (non-hydrogen) atoms. The number of hydrogen-bond acceptors (Lipinski definition) is 8. The third-order valence-corrected chi connectivity index (χ3v) is 6.64.